The third-order valence-electron chi connectivity index (χ3n) is 13.9. The molecular formula is C58H76N10O9S2. The van der Waals surface area contributed by atoms with Gasteiger partial charge in [-0.25, -0.2) is 0 Å². The molecule has 11 N–H and O–H groups in total. The average molecular weight is 1120 g/mol. The zero-order valence-corrected chi connectivity index (χ0v) is 47.5. The fourth-order valence-corrected chi connectivity index (χ4v) is 11.6. The van der Waals surface area contributed by atoms with Gasteiger partial charge in [-0.2, -0.15) is 0 Å². The highest BCUT2D eigenvalue weighted by Crippen LogP contribution is 2.25. The maximum Gasteiger partial charge on any atom is 0.244 e. The van der Waals surface area contributed by atoms with Gasteiger partial charge >= 0.3 is 0 Å². The number of fused-ring (bicyclic) bond motifs is 2. The van der Waals surface area contributed by atoms with E-state index in [4.69, 9.17) is 0 Å². The van der Waals surface area contributed by atoms with Gasteiger partial charge in [-0.05, 0) is 107 Å². The molecule has 0 aliphatic carbocycles. The second-order valence-electron chi connectivity index (χ2n) is 20.5. The van der Waals surface area contributed by atoms with Crippen molar-refractivity contribution in [1.29, 1.82) is 0 Å². The topological polar surface area (TPSA) is 281 Å². The zero-order valence-electron chi connectivity index (χ0n) is 45.9. The molecule has 2 heterocycles. The van der Waals surface area contributed by atoms with Gasteiger partial charge in [0, 0.05) is 41.4 Å². The minimum atomic E-state index is -1.35. The summed E-state index contributed by atoms with van der Waals surface area (Å²) >= 11 is 0. The Morgan fingerprint density at radius 1 is 0.696 bits per heavy atom. The maximum absolute atomic E-state index is 15.0. The van der Waals surface area contributed by atoms with Crippen LogP contribution in [-0.2, 0) is 57.6 Å². The van der Waals surface area contributed by atoms with E-state index in [0.717, 1.165) is 54.4 Å². The summed E-state index contributed by atoms with van der Waals surface area (Å²) in [5.74, 6) is -6.17. The minimum absolute atomic E-state index is 0.0137. The van der Waals surface area contributed by atoms with Crippen LogP contribution in [0.2, 0.25) is 0 Å². The predicted molar refractivity (Wildman–Crippen MR) is 311 cm³/mol. The first-order valence-electron chi connectivity index (χ1n) is 26.8. The van der Waals surface area contributed by atoms with Crippen LogP contribution in [0, 0.1) is 12.8 Å². The number of ketones is 1. The van der Waals surface area contributed by atoms with Crippen molar-refractivity contribution in [3.8, 4) is 0 Å². The Morgan fingerprint density at radius 3 is 2.01 bits per heavy atom. The van der Waals surface area contributed by atoms with Crippen molar-refractivity contribution in [2.75, 3.05) is 32.1 Å². The van der Waals surface area contributed by atoms with Gasteiger partial charge in [0.2, 0.25) is 41.4 Å². The molecule has 1 aliphatic heterocycles. The van der Waals surface area contributed by atoms with Crippen LogP contribution in [0.5, 0.6) is 0 Å². The second-order valence-corrected chi connectivity index (χ2v) is 23.1. The number of H-pyrrole nitrogens is 1. The molecule has 19 nitrogen and oxygen atoms in total. The number of aromatic amines is 1. The van der Waals surface area contributed by atoms with Crippen molar-refractivity contribution < 1.29 is 43.5 Å². The van der Waals surface area contributed by atoms with E-state index >= 15 is 4.79 Å². The van der Waals surface area contributed by atoms with E-state index in [1.807, 2.05) is 97.9 Å². The average Bonchev–Trinajstić information content (AvgIpc) is 3.88. The highest BCUT2D eigenvalue weighted by atomic mass is 33.1. The van der Waals surface area contributed by atoms with Crippen LogP contribution >= 0.6 is 21.6 Å². The lowest BCUT2D eigenvalue weighted by atomic mass is 9.99. The maximum atomic E-state index is 15.0. The number of hydrogen-bond acceptors (Lipinski definition) is 13. The predicted octanol–water partition coefficient (Wildman–Crippen LogP) is 3.05. The van der Waals surface area contributed by atoms with Gasteiger partial charge in [0.15, 0.2) is 5.78 Å². The molecule has 424 valence electrons. The Kier molecular flexibility index (Phi) is 23.3. The smallest absolute Gasteiger partial charge is 0.244 e. The fraction of sp³-hybridized carbons (Fsp3) is 0.448. The van der Waals surface area contributed by atoms with E-state index in [1.165, 1.54) is 13.8 Å². The number of aliphatic hydroxyl groups is 1. The molecule has 21 heteroatoms. The van der Waals surface area contributed by atoms with Gasteiger partial charge < -0.3 is 57.9 Å². The number of carbonyl (C=O) groups is 8. The SMILES string of the molecule is CNCCCC[C@@H]1NC(=O)[C@@H](Cc2c[nH]c3ccccc23)NC(=O)[C@H](Cc2ccc(C)cc2)NC(=O)[C@H](NC(=O)[C@@H](Cc2ccc3ccccc3c2)NC)CSSC[C@H](C(=O)N[C@H](C(C)=O)[C@@H](C)O)NC(=O)[C@H](C(C)C)NC1=O. The Morgan fingerprint density at radius 2 is 1.33 bits per heavy atom. The molecule has 0 bridgehead atoms. The number of unbranched alkanes of at least 4 members (excludes halogenated alkanes) is 1. The van der Waals surface area contributed by atoms with E-state index in [-0.39, 0.29) is 37.2 Å². The van der Waals surface area contributed by atoms with Crippen LogP contribution in [0.15, 0.2) is 97.2 Å². The van der Waals surface area contributed by atoms with Crippen molar-refractivity contribution in [2.24, 2.45) is 5.92 Å². The summed E-state index contributed by atoms with van der Waals surface area (Å²) < 4.78 is 0. The zero-order chi connectivity index (χ0) is 57.2. The number of likely N-dealkylation sites (N-methyl/N-ethyl adjacent to an activating group) is 1. The number of aryl methyl sites for hydroxylation is 1. The summed E-state index contributed by atoms with van der Waals surface area (Å²) in [5.41, 5.74) is 4.02. The van der Waals surface area contributed by atoms with Gasteiger partial charge in [0.25, 0.3) is 0 Å². The summed E-state index contributed by atoms with van der Waals surface area (Å²) in [6, 6.07) is 18.9. The number of nitrogens with one attached hydrogen (secondary N) is 10. The fourth-order valence-electron chi connectivity index (χ4n) is 9.30. The van der Waals surface area contributed by atoms with E-state index in [9.17, 15) is 38.7 Å². The lowest BCUT2D eigenvalue weighted by molar-refractivity contribution is -0.136. The lowest BCUT2D eigenvalue weighted by Gasteiger charge is -2.29. The quantitative estimate of drug-likeness (QED) is 0.0420. The molecule has 4 aromatic carbocycles. The molecule has 6 rings (SSSR count). The van der Waals surface area contributed by atoms with Crippen molar-refractivity contribution >= 4 is 90.4 Å². The van der Waals surface area contributed by atoms with Crippen molar-refractivity contribution in [2.45, 2.75) is 128 Å². The van der Waals surface area contributed by atoms with Crippen molar-refractivity contribution in [1.82, 2.24) is 52.8 Å². The molecular weight excluding hydrogens is 1040 g/mol. The minimum Gasteiger partial charge on any atom is -0.391 e. The Hall–Kier alpha value is -6.78. The Bertz CT molecular complexity index is 2920. The van der Waals surface area contributed by atoms with Crippen LogP contribution in [0.25, 0.3) is 21.7 Å². The molecule has 1 aliphatic rings. The molecule has 79 heavy (non-hydrogen) atoms. The largest absolute Gasteiger partial charge is 0.391 e. The molecule has 1 fully saturated rings. The summed E-state index contributed by atoms with van der Waals surface area (Å²) in [6.45, 7) is 8.53. The molecule has 1 saturated heterocycles. The van der Waals surface area contributed by atoms with E-state index in [0.29, 0.717) is 30.5 Å². The number of aliphatic hydroxyl groups excluding tert-OH is 1. The van der Waals surface area contributed by atoms with Crippen LogP contribution < -0.4 is 47.9 Å². The summed E-state index contributed by atoms with van der Waals surface area (Å²) in [7, 11) is 5.64. The van der Waals surface area contributed by atoms with Crippen LogP contribution in [-0.4, -0.2) is 144 Å². The number of amides is 7. The third-order valence-corrected chi connectivity index (χ3v) is 16.4. The number of rotatable bonds is 19. The summed E-state index contributed by atoms with van der Waals surface area (Å²) in [4.78, 5) is 118. The number of benzene rings is 4. The lowest BCUT2D eigenvalue weighted by Crippen LogP contribution is -2.62. The first-order chi connectivity index (χ1) is 37.8. The van der Waals surface area contributed by atoms with Crippen molar-refractivity contribution in [3.05, 3.63) is 119 Å². The van der Waals surface area contributed by atoms with Gasteiger partial charge in [-0.15, -0.1) is 0 Å². The van der Waals surface area contributed by atoms with Crippen molar-refractivity contribution in [3.63, 3.8) is 0 Å². The van der Waals surface area contributed by atoms with Gasteiger partial charge in [0.1, 0.15) is 42.3 Å². The number of hydrogen-bond donors (Lipinski definition) is 11. The van der Waals surface area contributed by atoms with Crippen LogP contribution in [0.3, 0.4) is 0 Å². The van der Waals surface area contributed by atoms with E-state index in [1.54, 1.807) is 34.1 Å². The normalized spacial score (nSPS) is 21.4. The third kappa shape index (κ3) is 17.9. The molecule has 0 spiro atoms. The molecule has 1 aromatic heterocycles. The Labute approximate surface area is 469 Å². The van der Waals surface area contributed by atoms with Crippen LogP contribution in [0.4, 0.5) is 0 Å². The van der Waals surface area contributed by atoms with Gasteiger partial charge in [-0.1, -0.05) is 126 Å². The molecule has 0 saturated carbocycles. The molecule has 0 radical (unpaired) electrons. The van der Waals surface area contributed by atoms with Gasteiger partial charge in [-0.3, -0.25) is 38.4 Å². The summed E-state index contributed by atoms with van der Waals surface area (Å²) in [5, 5.41) is 39.2. The number of para-hydroxylation sites is 1. The van der Waals surface area contributed by atoms with E-state index < -0.39 is 107 Å². The highest BCUT2D eigenvalue weighted by Gasteiger charge is 2.36. The summed E-state index contributed by atoms with van der Waals surface area (Å²) in [6.07, 6.45) is 1.97. The number of Topliss-reactive ketones (excluding diaryl/α,β-unsaturated/α-hetero) is 1. The highest BCUT2D eigenvalue weighted by molar-refractivity contribution is 8.76. The second kappa shape index (κ2) is 30.0. The molecule has 5 aromatic rings. The van der Waals surface area contributed by atoms with E-state index in [2.05, 4.69) is 52.8 Å². The van der Waals surface area contributed by atoms with Crippen LogP contribution in [0.1, 0.15) is 69.2 Å². The first kappa shape index (κ1) is 61.4. The van der Waals surface area contributed by atoms with Gasteiger partial charge in [0.05, 0.1) is 12.1 Å². The first-order valence-corrected chi connectivity index (χ1v) is 29.3. The molecule has 7 amide bonds. The number of aromatic nitrogens is 1. The number of carbonyl (C=O) groups excluding carboxylic acids is 8. The molecule has 0 unspecified atom stereocenters. The Balaban J connectivity index is 1.41. The monoisotopic (exact) mass is 1120 g/mol. The standard InChI is InChI=1S/C58H76N10O9S2/c1-33(2)50-58(77)66-49(57(76)68-51(35(4)69)36(5)70)32-79-78-31-48(65-53(72)45(60-7)28-38-23-24-39-14-8-9-15-40(39)26-38)56(75)63-46(27-37-21-19-34(3)20-22-37)54(73)64-47(29-41-30-61-43-17-11-10-16-42(41)43)55(74)62-44(52(71)67-50)18-12-13-25-59-6/h8-11,14-17,19-24,26,30,33,35,44-51,59-61,69H,12-13,18,25,27-29,31-32H2,1-7H3,(H,62,74)(H,63,75)(H,64,73)(H,65,72)(H,66,77)(H,67,71)(H,68,76)/t35-,44+,45-,46+,47-,48-,49-,50+,51+/m1/s1. The molecule has 9 atom stereocenters.